The molecule has 0 aliphatic heterocycles. The lowest BCUT2D eigenvalue weighted by atomic mass is 10.2. The summed E-state index contributed by atoms with van der Waals surface area (Å²) in [5.41, 5.74) is 7.87. The molecule has 1 aliphatic rings. The number of nitrogens with zero attached hydrogens (tertiary/aromatic N) is 2. The van der Waals surface area contributed by atoms with Crippen molar-refractivity contribution in [1.82, 2.24) is 10.1 Å². The third-order valence-corrected chi connectivity index (χ3v) is 3.53. The number of anilines is 1. The molecule has 2 N–H and O–H groups in total. The molecule has 0 amide bonds. The highest BCUT2D eigenvalue weighted by atomic mass is 32.1. The monoisotopic (exact) mass is 221 g/mol. The second kappa shape index (κ2) is 3.06. The molecule has 2 aromatic heterocycles. The first-order valence-corrected chi connectivity index (χ1v) is 5.81. The third kappa shape index (κ3) is 1.43. The Bertz CT molecular complexity index is 479. The summed E-state index contributed by atoms with van der Waals surface area (Å²) in [6.45, 7) is 2.00. The molecule has 0 radical (unpaired) electrons. The molecule has 2 heterocycles. The molecule has 1 fully saturated rings. The van der Waals surface area contributed by atoms with Crippen LogP contribution in [0.2, 0.25) is 0 Å². The van der Waals surface area contributed by atoms with Gasteiger partial charge in [0.1, 0.15) is 0 Å². The highest BCUT2D eigenvalue weighted by Gasteiger charge is 2.29. The van der Waals surface area contributed by atoms with Gasteiger partial charge in [-0.25, -0.2) is 0 Å². The van der Waals surface area contributed by atoms with Crippen molar-refractivity contribution in [3.8, 4) is 11.5 Å². The van der Waals surface area contributed by atoms with Gasteiger partial charge in [0.25, 0.3) is 5.89 Å². The third-order valence-electron chi connectivity index (χ3n) is 2.60. The van der Waals surface area contributed by atoms with Crippen LogP contribution in [0.3, 0.4) is 0 Å². The number of rotatable bonds is 2. The second-order valence-electron chi connectivity index (χ2n) is 3.89. The number of aromatic nitrogens is 2. The topological polar surface area (TPSA) is 64.9 Å². The minimum absolute atomic E-state index is 0.516. The van der Waals surface area contributed by atoms with Gasteiger partial charge < -0.3 is 10.3 Å². The van der Waals surface area contributed by atoms with Gasteiger partial charge in [-0.1, -0.05) is 5.16 Å². The van der Waals surface area contributed by atoms with Crippen molar-refractivity contribution in [2.75, 3.05) is 5.73 Å². The van der Waals surface area contributed by atoms with Crippen LogP contribution in [-0.4, -0.2) is 10.1 Å². The van der Waals surface area contributed by atoms with Gasteiger partial charge in [0, 0.05) is 5.92 Å². The van der Waals surface area contributed by atoms with Gasteiger partial charge in [-0.3, -0.25) is 0 Å². The number of hydrogen-bond donors (Lipinski definition) is 1. The minimum atomic E-state index is 0.516. The van der Waals surface area contributed by atoms with E-state index in [1.165, 1.54) is 24.2 Å². The van der Waals surface area contributed by atoms with E-state index >= 15 is 0 Å². The Hall–Kier alpha value is -1.36. The van der Waals surface area contributed by atoms with Crippen molar-refractivity contribution >= 4 is 16.3 Å². The van der Waals surface area contributed by atoms with Crippen molar-refractivity contribution in [1.29, 1.82) is 0 Å². The summed E-state index contributed by atoms with van der Waals surface area (Å²) in [5.74, 6) is 1.91. The summed E-state index contributed by atoms with van der Waals surface area (Å²) in [6, 6.07) is 0. The van der Waals surface area contributed by atoms with Gasteiger partial charge in [-0.15, -0.1) is 11.3 Å². The average Bonchev–Trinajstić information content (AvgIpc) is 2.87. The fourth-order valence-corrected chi connectivity index (χ4v) is 2.37. The van der Waals surface area contributed by atoms with Crippen molar-refractivity contribution < 1.29 is 4.52 Å². The van der Waals surface area contributed by atoms with Gasteiger partial charge in [-0.2, -0.15) is 4.98 Å². The summed E-state index contributed by atoms with van der Waals surface area (Å²) in [4.78, 5) is 4.39. The fourth-order valence-electron chi connectivity index (χ4n) is 1.58. The van der Waals surface area contributed by atoms with Crippen LogP contribution in [0.25, 0.3) is 11.5 Å². The first-order chi connectivity index (χ1) is 7.25. The van der Waals surface area contributed by atoms with E-state index in [1.807, 2.05) is 12.3 Å². The zero-order chi connectivity index (χ0) is 10.4. The Labute approximate surface area is 91.1 Å². The van der Waals surface area contributed by atoms with Crippen LogP contribution in [0.1, 0.15) is 30.1 Å². The molecule has 0 aromatic carbocycles. The van der Waals surface area contributed by atoms with Crippen LogP contribution >= 0.6 is 11.3 Å². The molecule has 0 unspecified atom stereocenters. The molecule has 0 saturated heterocycles. The van der Waals surface area contributed by atoms with Crippen molar-refractivity contribution in [2.24, 2.45) is 0 Å². The van der Waals surface area contributed by atoms with Crippen LogP contribution < -0.4 is 5.73 Å². The lowest BCUT2D eigenvalue weighted by molar-refractivity contribution is 0.423. The fraction of sp³-hybridized carbons (Fsp3) is 0.400. The molecular weight excluding hydrogens is 210 g/mol. The Morgan fingerprint density at radius 1 is 1.53 bits per heavy atom. The molecule has 1 saturated carbocycles. The summed E-state index contributed by atoms with van der Waals surface area (Å²) >= 11 is 1.51. The van der Waals surface area contributed by atoms with E-state index in [0.29, 0.717) is 11.8 Å². The molecule has 15 heavy (non-hydrogen) atoms. The number of nitrogen functional groups attached to an aromatic ring is 1. The van der Waals surface area contributed by atoms with Crippen molar-refractivity contribution in [3.63, 3.8) is 0 Å². The molecule has 3 rings (SSSR count). The Morgan fingerprint density at radius 3 is 2.93 bits per heavy atom. The van der Waals surface area contributed by atoms with E-state index in [9.17, 15) is 0 Å². The maximum absolute atomic E-state index is 5.87. The predicted octanol–water partition coefficient (Wildman–Crippen LogP) is 2.57. The summed E-state index contributed by atoms with van der Waals surface area (Å²) in [6.07, 6.45) is 2.36. The average molecular weight is 221 g/mol. The Kier molecular flexibility index (Phi) is 1.82. The van der Waals surface area contributed by atoms with E-state index in [4.69, 9.17) is 10.3 Å². The zero-order valence-corrected chi connectivity index (χ0v) is 9.17. The first-order valence-electron chi connectivity index (χ1n) is 4.93. The lowest BCUT2D eigenvalue weighted by Crippen LogP contribution is -1.87. The second-order valence-corrected chi connectivity index (χ2v) is 4.80. The van der Waals surface area contributed by atoms with Gasteiger partial charge >= 0.3 is 0 Å². The molecule has 5 heteroatoms. The molecule has 0 bridgehead atoms. The van der Waals surface area contributed by atoms with Crippen molar-refractivity contribution in [2.45, 2.75) is 25.7 Å². The van der Waals surface area contributed by atoms with Gasteiger partial charge in [0.05, 0.1) is 10.6 Å². The highest BCUT2D eigenvalue weighted by Crippen LogP contribution is 2.40. The standard InChI is InChI=1S/C10H11N3OS/c1-5-4-15-8(11)7(5)10-12-9(13-14-10)6-2-3-6/h4,6H,2-3,11H2,1H3. The SMILES string of the molecule is Cc1csc(N)c1-c1nc(C2CC2)no1. The number of thiophene rings is 1. The molecular formula is C10H11N3OS. The molecule has 78 valence electrons. The lowest BCUT2D eigenvalue weighted by Gasteiger charge is -1.93. The van der Waals surface area contributed by atoms with E-state index in [1.54, 1.807) is 0 Å². The summed E-state index contributed by atoms with van der Waals surface area (Å²) < 4.78 is 5.24. The van der Waals surface area contributed by atoms with Gasteiger partial charge in [-0.05, 0) is 30.7 Å². The van der Waals surface area contributed by atoms with Crippen LogP contribution in [-0.2, 0) is 0 Å². The molecule has 0 spiro atoms. The number of aryl methyl sites for hydroxylation is 1. The molecule has 2 aromatic rings. The van der Waals surface area contributed by atoms with Crippen LogP contribution in [0.15, 0.2) is 9.90 Å². The highest BCUT2D eigenvalue weighted by molar-refractivity contribution is 7.14. The van der Waals surface area contributed by atoms with E-state index in [0.717, 1.165) is 22.0 Å². The van der Waals surface area contributed by atoms with E-state index in [-0.39, 0.29) is 0 Å². The van der Waals surface area contributed by atoms with Crippen LogP contribution in [0.5, 0.6) is 0 Å². The first kappa shape index (κ1) is 8.91. The zero-order valence-electron chi connectivity index (χ0n) is 8.36. The van der Waals surface area contributed by atoms with Crippen molar-refractivity contribution in [3.05, 3.63) is 16.8 Å². The normalized spacial score (nSPS) is 15.8. The summed E-state index contributed by atoms with van der Waals surface area (Å²) in [7, 11) is 0. The van der Waals surface area contributed by atoms with E-state index < -0.39 is 0 Å². The minimum Gasteiger partial charge on any atom is -0.390 e. The largest absolute Gasteiger partial charge is 0.390 e. The van der Waals surface area contributed by atoms with E-state index in [2.05, 4.69) is 10.1 Å². The van der Waals surface area contributed by atoms with Gasteiger partial charge in [0.2, 0.25) is 0 Å². The van der Waals surface area contributed by atoms with Gasteiger partial charge in [0.15, 0.2) is 5.82 Å². The Balaban J connectivity index is 2.04. The number of nitrogens with two attached hydrogens (primary N) is 1. The molecule has 4 nitrogen and oxygen atoms in total. The maximum Gasteiger partial charge on any atom is 0.261 e. The quantitative estimate of drug-likeness (QED) is 0.846. The van der Waals surface area contributed by atoms with Crippen LogP contribution in [0, 0.1) is 6.92 Å². The summed E-state index contributed by atoms with van der Waals surface area (Å²) in [5, 5.41) is 6.73. The predicted molar refractivity (Wildman–Crippen MR) is 58.7 cm³/mol. The number of hydrogen-bond acceptors (Lipinski definition) is 5. The van der Waals surface area contributed by atoms with Crippen LogP contribution in [0.4, 0.5) is 5.00 Å². The molecule has 1 aliphatic carbocycles. The smallest absolute Gasteiger partial charge is 0.261 e. The Morgan fingerprint density at radius 2 is 2.33 bits per heavy atom. The maximum atomic E-state index is 5.87. The molecule has 0 atom stereocenters.